The largest absolute Gasteiger partial charge is 0.327 e. The number of amides is 2. The normalized spacial score (nSPS) is 14.7. The fourth-order valence-electron chi connectivity index (χ4n) is 4.02. The number of quaternary nitrogens is 1. The number of nitrogens with zero attached hydrogens (tertiary/aromatic N) is 1. The first kappa shape index (κ1) is 20.1. The third kappa shape index (κ3) is 4.36. The van der Waals surface area contributed by atoms with E-state index in [1.54, 1.807) is 0 Å². The molecule has 1 fully saturated rings. The number of carbonyl (C=O) groups is 2. The van der Waals surface area contributed by atoms with Gasteiger partial charge in [-0.1, -0.05) is 42.5 Å². The van der Waals surface area contributed by atoms with Gasteiger partial charge in [0, 0.05) is 11.3 Å². The van der Waals surface area contributed by atoms with Crippen molar-refractivity contribution in [2.24, 2.45) is 0 Å². The second-order valence-corrected chi connectivity index (χ2v) is 8.08. The molecule has 4 rings (SSSR count). The smallest absolute Gasteiger partial charge is 0.279 e. The van der Waals surface area contributed by atoms with Gasteiger partial charge in [0.05, 0.1) is 26.2 Å². The fourth-order valence-corrected chi connectivity index (χ4v) is 4.02. The Morgan fingerprint density at radius 2 is 1.67 bits per heavy atom. The summed E-state index contributed by atoms with van der Waals surface area (Å²) in [6, 6.07) is 19.9. The van der Waals surface area contributed by atoms with Gasteiger partial charge in [-0.3, -0.25) is 9.59 Å². The number of hydrogen-bond donors (Lipinski definition) is 2. The Labute approximate surface area is 177 Å². The van der Waals surface area contributed by atoms with Gasteiger partial charge in [0.1, 0.15) is 0 Å². The lowest BCUT2D eigenvalue weighted by molar-refractivity contribution is -0.895. The van der Waals surface area contributed by atoms with Crippen molar-refractivity contribution in [1.29, 1.82) is 0 Å². The Hall–Kier alpha value is -3.18. The second kappa shape index (κ2) is 8.67. The Morgan fingerprint density at radius 3 is 2.43 bits per heavy atom. The molecule has 1 aliphatic rings. The Morgan fingerprint density at radius 1 is 0.933 bits per heavy atom. The molecule has 0 spiro atoms. The molecule has 0 saturated carbocycles. The van der Waals surface area contributed by atoms with Crippen molar-refractivity contribution >= 4 is 28.3 Å². The second-order valence-electron chi connectivity index (χ2n) is 8.08. The van der Waals surface area contributed by atoms with Gasteiger partial charge in [-0.15, -0.1) is 0 Å². The van der Waals surface area contributed by atoms with E-state index in [0.29, 0.717) is 19.6 Å². The van der Waals surface area contributed by atoms with Crippen LogP contribution in [0.25, 0.3) is 10.8 Å². The number of fused-ring (bicyclic) bond motifs is 1. The number of carbonyl (C=O) groups excluding carboxylic acids is 2. The van der Waals surface area contributed by atoms with E-state index in [9.17, 15) is 9.59 Å². The van der Waals surface area contributed by atoms with Crippen molar-refractivity contribution in [2.45, 2.75) is 13.8 Å². The van der Waals surface area contributed by atoms with E-state index in [1.807, 2.05) is 73.3 Å². The summed E-state index contributed by atoms with van der Waals surface area (Å²) in [4.78, 5) is 28.5. The van der Waals surface area contributed by atoms with E-state index in [0.717, 1.165) is 40.7 Å². The number of aryl methyl sites for hydroxylation is 1. The van der Waals surface area contributed by atoms with Gasteiger partial charge in [0.25, 0.3) is 11.8 Å². The van der Waals surface area contributed by atoms with Crippen LogP contribution in [0, 0.1) is 13.8 Å². The zero-order valence-corrected chi connectivity index (χ0v) is 17.6. The van der Waals surface area contributed by atoms with Crippen LogP contribution in [0.2, 0.25) is 0 Å². The van der Waals surface area contributed by atoms with Gasteiger partial charge < -0.3 is 15.1 Å². The molecule has 2 amide bonds. The highest BCUT2D eigenvalue weighted by atomic mass is 16.2. The highest BCUT2D eigenvalue weighted by Crippen LogP contribution is 2.18. The molecule has 30 heavy (non-hydrogen) atoms. The van der Waals surface area contributed by atoms with Crippen LogP contribution in [-0.4, -0.2) is 49.4 Å². The summed E-state index contributed by atoms with van der Waals surface area (Å²) in [6.07, 6.45) is 0. The molecule has 0 radical (unpaired) electrons. The summed E-state index contributed by atoms with van der Waals surface area (Å²) in [5.41, 5.74) is 3.88. The molecule has 0 aliphatic carbocycles. The third-order valence-electron chi connectivity index (χ3n) is 6.04. The summed E-state index contributed by atoms with van der Waals surface area (Å²) >= 11 is 0. The number of hydrogen-bond acceptors (Lipinski definition) is 2. The molecule has 1 heterocycles. The minimum Gasteiger partial charge on any atom is -0.327 e. The average molecular weight is 403 g/mol. The highest BCUT2D eigenvalue weighted by molar-refractivity contribution is 5.98. The van der Waals surface area contributed by atoms with Crippen molar-refractivity contribution < 1.29 is 14.5 Å². The monoisotopic (exact) mass is 402 g/mol. The first-order valence-corrected chi connectivity index (χ1v) is 10.5. The van der Waals surface area contributed by atoms with E-state index in [1.165, 1.54) is 10.5 Å². The molecule has 5 nitrogen and oxygen atoms in total. The lowest BCUT2D eigenvalue weighted by Crippen LogP contribution is -3.15. The van der Waals surface area contributed by atoms with Crippen molar-refractivity contribution in [3.8, 4) is 0 Å². The lowest BCUT2D eigenvalue weighted by atomic mass is 10.1. The summed E-state index contributed by atoms with van der Waals surface area (Å²) < 4.78 is 0. The average Bonchev–Trinajstić information content (AvgIpc) is 2.76. The number of piperazine rings is 1. The topological polar surface area (TPSA) is 53.9 Å². The maximum absolute atomic E-state index is 12.9. The first-order valence-electron chi connectivity index (χ1n) is 10.5. The molecular formula is C25H28N3O2+. The van der Waals surface area contributed by atoms with Crippen molar-refractivity contribution in [1.82, 2.24) is 4.90 Å². The molecule has 1 saturated heterocycles. The number of rotatable bonds is 4. The van der Waals surface area contributed by atoms with Crippen LogP contribution < -0.4 is 10.2 Å². The highest BCUT2D eigenvalue weighted by Gasteiger charge is 2.26. The zero-order chi connectivity index (χ0) is 21.1. The van der Waals surface area contributed by atoms with Crippen molar-refractivity contribution in [3.63, 3.8) is 0 Å². The van der Waals surface area contributed by atoms with E-state index < -0.39 is 0 Å². The van der Waals surface area contributed by atoms with Crippen LogP contribution in [0.5, 0.6) is 0 Å². The Kier molecular flexibility index (Phi) is 5.81. The van der Waals surface area contributed by atoms with Crippen LogP contribution in [0.1, 0.15) is 21.5 Å². The molecular weight excluding hydrogens is 374 g/mol. The number of anilines is 1. The van der Waals surface area contributed by atoms with Crippen LogP contribution in [0.3, 0.4) is 0 Å². The van der Waals surface area contributed by atoms with Crippen LogP contribution in [0.4, 0.5) is 5.69 Å². The predicted molar refractivity (Wildman–Crippen MR) is 120 cm³/mol. The van der Waals surface area contributed by atoms with E-state index in [-0.39, 0.29) is 11.8 Å². The fraction of sp³-hybridized carbons (Fsp3) is 0.280. The molecule has 0 aromatic heterocycles. The van der Waals surface area contributed by atoms with E-state index in [4.69, 9.17) is 0 Å². The zero-order valence-electron chi connectivity index (χ0n) is 17.6. The molecule has 0 unspecified atom stereocenters. The maximum atomic E-state index is 12.9. The van der Waals surface area contributed by atoms with Gasteiger partial charge in [0.15, 0.2) is 6.54 Å². The number of benzene rings is 3. The molecule has 3 aromatic rings. The minimum absolute atomic E-state index is 0.0213. The first-order chi connectivity index (χ1) is 14.5. The molecule has 5 heteroatoms. The van der Waals surface area contributed by atoms with Crippen molar-refractivity contribution in [3.05, 3.63) is 77.4 Å². The summed E-state index contributed by atoms with van der Waals surface area (Å²) in [7, 11) is 0. The van der Waals surface area contributed by atoms with Crippen LogP contribution in [-0.2, 0) is 4.79 Å². The van der Waals surface area contributed by atoms with Crippen molar-refractivity contribution in [2.75, 3.05) is 38.0 Å². The summed E-state index contributed by atoms with van der Waals surface area (Å²) in [5, 5.41) is 5.25. The number of nitrogens with one attached hydrogen (secondary N) is 2. The lowest BCUT2D eigenvalue weighted by Gasteiger charge is -2.32. The van der Waals surface area contributed by atoms with Crippen LogP contribution in [0.15, 0.2) is 60.7 Å². The molecule has 154 valence electrons. The van der Waals surface area contributed by atoms with Gasteiger partial charge in [-0.05, 0) is 53.9 Å². The van der Waals surface area contributed by atoms with Crippen LogP contribution >= 0.6 is 0 Å². The Balaban J connectivity index is 1.32. The molecule has 0 atom stereocenters. The van der Waals surface area contributed by atoms with Gasteiger partial charge in [0.2, 0.25) is 0 Å². The summed E-state index contributed by atoms with van der Waals surface area (Å²) in [5.74, 6) is 0.0904. The standard InChI is InChI=1S/C25H27N3O2/c1-18-6-5-9-23(19(18)2)26-24(29)17-27-12-14-28(15-13-27)25(30)22-11-10-20-7-3-4-8-21(20)16-22/h3-11,16H,12-15,17H2,1-2H3,(H,26,29)/p+1. The minimum atomic E-state index is 0.0213. The van der Waals surface area contributed by atoms with Gasteiger partial charge in [-0.2, -0.15) is 0 Å². The van der Waals surface area contributed by atoms with E-state index in [2.05, 4.69) is 11.4 Å². The van der Waals surface area contributed by atoms with Gasteiger partial charge >= 0.3 is 0 Å². The third-order valence-corrected chi connectivity index (χ3v) is 6.04. The molecule has 1 aliphatic heterocycles. The SMILES string of the molecule is Cc1cccc(NC(=O)C[NH+]2CCN(C(=O)c3ccc4ccccc4c3)CC2)c1C. The quantitative estimate of drug-likeness (QED) is 0.704. The van der Waals surface area contributed by atoms with Gasteiger partial charge in [-0.25, -0.2) is 0 Å². The molecule has 0 bridgehead atoms. The summed E-state index contributed by atoms with van der Waals surface area (Å²) in [6.45, 7) is 7.37. The molecule has 3 aromatic carbocycles. The predicted octanol–water partition coefficient (Wildman–Crippen LogP) is 2.44. The van der Waals surface area contributed by atoms with E-state index >= 15 is 0 Å². The Bertz CT molecular complexity index is 1080. The molecule has 2 N–H and O–H groups in total. The maximum Gasteiger partial charge on any atom is 0.279 e.